The van der Waals surface area contributed by atoms with E-state index in [2.05, 4.69) is 27.0 Å². The van der Waals surface area contributed by atoms with Gasteiger partial charge in [0.1, 0.15) is 0 Å². The van der Waals surface area contributed by atoms with Crippen LogP contribution in [0.4, 0.5) is 0 Å². The molecule has 0 unspecified atom stereocenters. The van der Waals surface area contributed by atoms with Crippen LogP contribution in [0, 0.1) is 0 Å². The van der Waals surface area contributed by atoms with Gasteiger partial charge in [-0.2, -0.15) is 16.9 Å². The first-order valence-electron chi connectivity index (χ1n) is 6.17. The van der Waals surface area contributed by atoms with Crippen LogP contribution in [0.5, 0.6) is 0 Å². The molecule has 2 N–H and O–H groups in total. The van der Waals surface area contributed by atoms with Gasteiger partial charge in [0.2, 0.25) is 0 Å². The Labute approximate surface area is 137 Å². The molecule has 0 fully saturated rings. The lowest BCUT2D eigenvalue weighted by molar-refractivity contribution is 0.732. The number of aromatic nitrogens is 2. The van der Waals surface area contributed by atoms with E-state index in [1.807, 2.05) is 31.2 Å². The summed E-state index contributed by atoms with van der Waals surface area (Å²) < 4.78 is 1.80. The van der Waals surface area contributed by atoms with E-state index in [1.54, 1.807) is 11.7 Å². The summed E-state index contributed by atoms with van der Waals surface area (Å²) in [6.07, 6.45) is 8.42. The highest BCUT2D eigenvalue weighted by atomic mass is 127. The van der Waals surface area contributed by atoms with Gasteiger partial charge < -0.3 is 10.6 Å². The molecule has 1 aromatic heterocycles. The van der Waals surface area contributed by atoms with E-state index in [9.17, 15) is 0 Å². The first kappa shape index (κ1) is 18.6. The SMILES string of the molecule is CN=C(NCCCCSC)NCc1cnn(C)c1.I. The van der Waals surface area contributed by atoms with Gasteiger partial charge in [-0.25, -0.2) is 0 Å². The van der Waals surface area contributed by atoms with Gasteiger partial charge in [0.05, 0.1) is 6.20 Å². The van der Waals surface area contributed by atoms with Gasteiger partial charge in [-0.1, -0.05) is 0 Å². The highest BCUT2D eigenvalue weighted by Crippen LogP contribution is 1.98. The van der Waals surface area contributed by atoms with Crippen LogP contribution in [0.1, 0.15) is 18.4 Å². The second-order valence-corrected chi connectivity index (χ2v) is 5.06. The second-order valence-electron chi connectivity index (χ2n) is 4.07. The van der Waals surface area contributed by atoms with Crippen molar-refractivity contribution in [2.24, 2.45) is 12.0 Å². The van der Waals surface area contributed by atoms with Gasteiger partial charge >= 0.3 is 0 Å². The van der Waals surface area contributed by atoms with Gasteiger partial charge in [0.15, 0.2) is 5.96 Å². The number of rotatable bonds is 7. The molecule has 0 aliphatic heterocycles. The van der Waals surface area contributed by atoms with E-state index in [0.29, 0.717) is 0 Å². The largest absolute Gasteiger partial charge is 0.356 e. The van der Waals surface area contributed by atoms with Crippen molar-refractivity contribution in [1.82, 2.24) is 20.4 Å². The molecule has 0 spiro atoms. The molecule has 0 aliphatic carbocycles. The first-order valence-corrected chi connectivity index (χ1v) is 7.56. The van der Waals surface area contributed by atoms with Crippen molar-refractivity contribution in [2.45, 2.75) is 19.4 Å². The molecule has 0 saturated heterocycles. The van der Waals surface area contributed by atoms with Crippen LogP contribution >= 0.6 is 35.7 Å². The van der Waals surface area contributed by atoms with Crippen LogP contribution in [-0.2, 0) is 13.6 Å². The highest BCUT2D eigenvalue weighted by molar-refractivity contribution is 14.0. The average molecular weight is 397 g/mol. The lowest BCUT2D eigenvalue weighted by Crippen LogP contribution is -2.37. The van der Waals surface area contributed by atoms with Crippen molar-refractivity contribution >= 4 is 41.7 Å². The number of nitrogens with one attached hydrogen (secondary N) is 2. The van der Waals surface area contributed by atoms with E-state index in [-0.39, 0.29) is 24.0 Å². The van der Waals surface area contributed by atoms with Gasteiger partial charge in [-0.15, -0.1) is 24.0 Å². The van der Waals surface area contributed by atoms with Crippen LogP contribution in [0.15, 0.2) is 17.4 Å². The zero-order valence-electron chi connectivity index (χ0n) is 11.8. The molecule has 1 aromatic rings. The second kappa shape index (κ2) is 11.4. The molecule has 0 saturated carbocycles. The molecule has 1 rings (SSSR count). The number of hydrogen-bond acceptors (Lipinski definition) is 3. The van der Waals surface area contributed by atoms with Crippen LogP contribution in [-0.4, -0.2) is 41.3 Å². The Hall–Kier alpha value is -0.440. The Morgan fingerprint density at radius 3 is 2.79 bits per heavy atom. The maximum atomic E-state index is 4.19. The van der Waals surface area contributed by atoms with Crippen molar-refractivity contribution in [2.75, 3.05) is 25.6 Å². The Morgan fingerprint density at radius 1 is 1.42 bits per heavy atom. The minimum Gasteiger partial charge on any atom is -0.356 e. The molecular formula is C12H24IN5S. The predicted octanol–water partition coefficient (Wildman–Crippen LogP) is 1.85. The first-order chi connectivity index (χ1) is 8.76. The number of hydrogen-bond donors (Lipinski definition) is 2. The number of nitrogens with zero attached hydrogens (tertiary/aromatic N) is 3. The van der Waals surface area contributed by atoms with E-state index >= 15 is 0 Å². The Morgan fingerprint density at radius 2 is 2.21 bits per heavy atom. The molecule has 1 heterocycles. The molecule has 0 aliphatic rings. The van der Waals surface area contributed by atoms with Crippen molar-refractivity contribution in [1.29, 1.82) is 0 Å². The Kier molecular flexibility index (Phi) is 11.1. The van der Waals surface area contributed by atoms with Gasteiger partial charge in [-0.3, -0.25) is 9.67 Å². The molecular weight excluding hydrogens is 373 g/mol. The maximum Gasteiger partial charge on any atom is 0.191 e. The maximum absolute atomic E-state index is 4.19. The average Bonchev–Trinajstić information content (AvgIpc) is 2.78. The Bertz CT molecular complexity index is 367. The molecule has 5 nitrogen and oxygen atoms in total. The third kappa shape index (κ3) is 8.35. The summed E-state index contributed by atoms with van der Waals surface area (Å²) in [5, 5.41) is 10.7. The summed E-state index contributed by atoms with van der Waals surface area (Å²) >= 11 is 1.89. The third-order valence-corrected chi connectivity index (χ3v) is 3.21. The van der Waals surface area contributed by atoms with Crippen molar-refractivity contribution in [3.63, 3.8) is 0 Å². The number of halogens is 1. The fourth-order valence-electron chi connectivity index (χ4n) is 1.55. The van der Waals surface area contributed by atoms with Gasteiger partial charge in [0, 0.05) is 38.9 Å². The topological polar surface area (TPSA) is 54.2 Å². The summed E-state index contributed by atoms with van der Waals surface area (Å²) in [6, 6.07) is 0. The molecule has 0 radical (unpaired) electrons. The van der Waals surface area contributed by atoms with E-state index < -0.39 is 0 Å². The molecule has 19 heavy (non-hydrogen) atoms. The van der Waals surface area contributed by atoms with Crippen LogP contribution in [0.2, 0.25) is 0 Å². The van der Waals surface area contributed by atoms with E-state index in [1.165, 1.54) is 18.6 Å². The molecule has 0 atom stereocenters. The lowest BCUT2D eigenvalue weighted by Gasteiger charge is -2.10. The molecule has 7 heteroatoms. The fourth-order valence-corrected chi connectivity index (χ4v) is 2.04. The summed E-state index contributed by atoms with van der Waals surface area (Å²) in [6.45, 7) is 1.71. The summed E-state index contributed by atoms with van der Waals surface area (Å²) in [5.74, 6) is 2.08. The quantitative estimate of drug-likeness (QED) is 0.319. The number of unbranched alkanes of at least 4 members (excludes halogenated alkanes) is 1. The molecule has 0 bridgehead atoms. The summed E-state index contributed by atoms with van der Waals surface area (Å²) in [4.78, 5) is 4.19. The summed E-state index contributed by atoms with van der Waals surface area (Å²) in [7, 11) is 3.71. The van der Waals surface area contributed by atoms with Crippen LogP contribution < -0.4 is 10.6 Å². The molecule has 110 valence electrons. The highest BCUT2D eigenvalue weighted by Gasteiger charge is 1.99. The predicted molar refractivity (Wildman–Crippen MR) is 94.4 cm³/mol. The number of guanidine groups is 1. The summed E-state index contributed by atoms with van der Waals surface area (Å²) in [5.41, 5.74) is 1.16. The number of thioether (sulfide) groups is 1. The fraction of sp³-hybridized carbons (Fsp3) is 0.667. The normalized spacial score (nSPS) is 11.0. The number of aliphatic imine (C=N–C) groups is 1. The molecule has 0 aromatic carbocycles. The van der Waals surface area contributed by atoms with Crippen LogP contribution in [0.25, 0.3) is 0 Å². The smallest absolute Gasteiger partial charge is 0.191 e. The standard InChI is InChI=1S/C12H23N5S.HI/c1-13-12(14-6-4-5-7-18-3)15-8-11-9-16-17(2)10-11;/h9-10H,4-8H2,1-3H3,(H2,13,14,15);1H. The van der Waals surface area contributed by atoms with Crippen LogP contribution in [0.3, 0.4) is 0 Å². The molecule has 0 amide bonds. The van der Waals surface area contributed by atoms with Crippen molar-refractivity contribution in [3.05, 3.63) is 18.0 Å². The zero-order chi connectivity index (χ0) is 13.2. The monoisotopic (exact) mass is 397 g/mol. The van der Waals surface area contributed by atoms with E-state index in [0.717, 1.165) is 24.6 Å². The minimum absolute atomic E-state index is 0. The minimum atomic E-state index is 0. The van der Waals surface area contributed by atoms with Gasteiger partial charge in [0.25, 0.3) is 0 Å². The number of aryl methyl sites for hydroxylation is 1. The van der Waals surface area contributed by atoms with Gasteiger partial charge in [-0.05, 0) is 24.9 Å². The zero-order valence-corrected chi connectivity index (χ0v) is 15.0. The van der Waals surface area contributed by atoms with E-state index in [4.69, 9.17) is 0 Å². The van der Waals surface area contributed by atoms with Crippen molar-refractivity contribution < 1.29 is 0 Å². The van der Waals surface area contributed by atoms with Crippen molar-refractivity contribution in [3.8, 4) is 0 Å². The third-order valence-electron chi connectivity index (χ3n) is 2.51. The lowest BCUT2D eigenvalue weighted by atomic mass is 10.3. The Balaban J connectivity index is 0.00000324.